The first-order chi connectivity index (χ1) is 10.00. The molecule has 2 radical (unpaired) electrons. The molecule has 100 valence electrons. The maximum absolute atomic E-state index is 12.7. The van der Waals surface area contributed by atoms with E-state index < -0.39 is 9.84 Å². The van der Waals surface area contributed by atoms with Crippen LogP contribution in [0, 0.1) is 0 Å². The zero-order chi connectivity index (χ0) is 14.8. The first-order valence-electron chi connectivity index (χ1n) is 6.36. The maximum atomic E-state index is 12.7. The van der Waals surface area contributed by atoms with E-state index in [0.29, 0.717) is 15.3 Å². The molecule has 3 aromatic rings. The van der Waals surface area contributed by atoms with Gasteiger partial charge in [0.1, 0.15) is 7.85 Å². The second kappa shape index (κ2) is 4.21. The maximum Gasteiger partial charge on any atom is 0.207 e. The molecule has 0 N–H and O–H groups in total. The average Bonchev–Trinajstić information content (AvgIpc) is 2.68. The number of hydrogen-bond donors (Lipinski definition) is 0. The van der Waals surface area contributed by atoms with Gasteiger partial charge in [0.15, 0.2) is 0 Å². The van der Waals surface area contributed by atoms with E-state index in [-0.39, 0.29) is 0 Å². The zero-order valence-corrected chi connectivity index (χ0v) is 13.2. The Labute approximate surface area is 132 Å². The van der Waals surface area contributed by atoms with Gasteiger partial charge in [0.05, 0.1) is 9.79 Å². The molecule has 2 nitrogen and oxygen atoms in total. The highest BCUT2D eigenvalue weighted by Crippen LogP contribution is 2.46. The number of halogens is 1. The summed E-state index contributed by atoms with van der Waals surface area (Å²) in [4.78, 5) is 0.634. The third-order valence-electron chi connectivity index (χ3n) is 3.83. The topological polar surface area (TPSA) is 34.1 Å². The summed E-state index contributed by atoms with van der Waals surface area (Å²) in [5.41, 5.74) is 1.98. The summed E-state index contributed by atoms with van der Waals surface area (Å²) in [6.45, 7) is 0. The van der Waals surface area contributed by atoms with Gasteiger partial charge < -0.3 is 0 Å². The predicted octanol–water partition coefficient (Wildman–Crippen LogP) is 3.21. The Kier molecular flexibility index (Phi) is 2.63. The molecule has 0 atom stereocenters. The molecule has 0 saturated heterocycles. The van der Waals surface area contributed by atoms with Crippen LogP contribution in [-0.4, -0.2) is 16.3 Å². The SMILES string of the molecule is [B]c1cc2c(c3ccccc13)-c1ccc(Br)cc1S2(=O)=O. The lowest BCUT2D eigenvalue weighted by Gasteiger charge is -2.08. The van der Waals surface area contributed by atoms with Gasteiger partial charge in [0, 0.05) is 15.6 Å². The molecule has 4 rings (SSSR count). The van der Waals surface area contributed by atoms with E-state index in [2.05, 4.69) is 15.9 Å². The van der Waals surface area contributed by atoms with Crippen molar-refractivity contribution >= 4 is 49.8 Å². The van der Waals surface area contributed by atoms with Crippen LogP contribution in [0.4, 0.5) is 0 Å². The lowest BCUT2D eigenvalue weighted by molar-refractivity contribution is 0.599. The summed E-state index contributed by atoms with van der Waals surface area (Å²) in [6, 6.07) is 14.5. The lowest BCUT2D eigenvalue weighted by Crippen LogP contribution is -2.08. The van der Waals surface area contributed by atoms with Gasteiger partial charge in [-0.25, -0.2) is 8.42 Å². The van der Waals surface area contributed by atoms with E-state index in [9.17, 15) is 8.42 Å². The molecule has 1 aliphatic heterocycles. The van der Waals surface area contributed by atoms with Gasteiger partial charge >= 0.3 is 0 Å². The van der Waals surface area contributed by atoms with Crippen molar-refractivity contribution in [2.45, 2.75) is 9.79 Å². The van der Waals surface area contributed by atoms with Gasteiger partial charge in [0.2, 0.25) is 9.84 Å². The number of hydrogen-bond acceptors (Lipinski definition) is 2. The molecule has 5 heteroatoms. The quantitative estimate of drug-likeness (QED) is 0.454. The van der Waals surface area contributed by atoms with Crippen LogP contribution in [0.2, 0.25) is 0 Å². The average molecular weight is 355 g/mol. The van der Waals surface area contributed by atoms with Gasteiger partial charge in [-0.2, -0.15) is 0 Å². The summed E-state index contributed by atoms with van der Waals surface area (Å²) < 4.78 is 26.2. The van der Waals surface area contributed by atoms with Crippen LogP contribution in [-0.2, 0) is 9.84 Å². The molecule has 1 aliphatic rings. The highest BCUT2D eigenvalue weighted by molar-refractivity contribution is 9.10. The van der Waals surface area contributed by atoms with Gasteiger partial charge in [-0.15, -0.1) is 0 Å². The van der Waals surface area contributed by atoms with Crippen molar-refractivity contribution in [3.05, 3.63) is 53.0 Å². The Morgan fingerprint density at radius 2 is 1.62 bits per heavy atom. The largest absolute Gasteiger partial charge is 0.218 e. The molecule has 3 aromatic carbocycles. The summed E-state index contributed by atoms with van der Waals surface area (Å²) in [5, 5.41) is 1.75. The molecule has 0 bridgehead atoms. The zero-order valence-electron chi connectivity index (χ0n) is 10.8. The number of rotatable bonds is 0. The molecule has 0 spiro atoms. The molecule has 0 aliphatic carbocycles. The van der Waals surface area contributed by atoms with Gasteiger partial charge in [-0.1, -0.05) is 51.7 Å². The van der Waals surface area contributed by atoms with Crippen molar-refractivity contribution in [2.75, 3.05) is 0 Å². The third kappa shape index (κ3) is 1.68. The van der Waals surface area contributed by atoms with Crippen LogP contribution in [0.3, 0.4) is 0 Å². The molecular formula is C16H8BBrO2S. The molecule has 21 heavy (non-hydrogen) atoms. The van der Waals surface area contributed by atoms with Crippen LogP contribution in [0.1, 0.15) is 0 Å². The van der Waals surface area contributed by atoms with E-state index >= 15 is 0 Å². The highest BCUT2D eigenvalue weighted by Gasteiger charge is 2.34. The van der Waals surface area contributed by atoms with Crippen molar-refractivity contribution in [3.8, 4) is 11.1 Å². The fourth-order valence-corrected chi connectivity index (χ4v) is 5.17. The van der Waals surface area contributed by atoms with E-state index in [1.165, 1.54) is 0 Å². The van der Waals surface area contributed by atoms with Gasteiger partial charge in [-0.3, -0.25) is 0 Å². The molecule has 0 unspecified atom stereocenters. The first kappa shape index (κ1) is 13.1. The minimum atomic E-state index is -3.51. The van der Waals surface area contributed by atoms with Crippen LogP contribution in [0.5, 0.6) is 0 Å². The van der Waals surface area contributed by atoms with Gasteiger partial charge in [-0.05, 0) is 29.0 Å². The summed E-state index contributed by atoms with van der Waals surface area (Å²) >= 11 is 3.34. The molecule has 0 aromatic heterocycles. The number of fused-ring (bicyclic) bond motifs is 5. The van der Waals surface area contributed by atoms with Crippen molar-refractivity contribution in [1.82, 2.24) is 0 Å². The molecule has 0 amide bonds. The van der Waals surface area contributed by atoms with Gasteiger partial charge in [0.25, 0.3) is 0 Å². The van der Waals surface area contributed by atoms with Crippen molar-refractivity contribution in [3.63, 3.8) is 0 Å². The Morgan fingerprint density at radius 1 is 0.905 bits per heavy atom. The Bertz CT molecular complexity index is 1030. The van der Waals surface area contributed by atoms with Crippen molar-refractivity contribution < 1.29 is 8.42 Å². The Balaban J connectivity index is 2.28. The molecule has 1 heterocycles. The van der Waals surface area contributed by atoms with E-state index in [0.717, 1.165) is 26.4 Å². The molecule has 0 saturated carbocycles. The predicted molar refractivity (Wildman–Crippen MR) is 87.9 cm³/mol. The number of sulfone groups is 1. The minimum absolute atomic E-state index is 0.298. The molecular weight excluding hydrogens is 347 g/mol. The van der Waals surface area contributed by atoms with E-state index in [1.54, 1.807) is 12.1 Å². The summed E-state index contributed by atoms with van der Waals surface area (Å²) in [6.07, 6.45) is 0. The summed E-state index contributed by atoms with van der Waals surface area (Å²) in [7, 11) is 2.53. The summed E-state index contributed by atoms with van der Waals surface area (Å²) in [5.74, 6) is 0. The monoisotopic (exact) mass is 354 g/mol. The fraction of sp³-hybridized carbons (Fsp3) is 0. The van der Waals surface area contributed by atoms with Crippen LogP contribution in [0.15, 0.2) is 62.8 Å². The Hall–Kier alpha value is -1.59. The lowest BCUT2D eigenvalue weighted by atomic mass is 9.86. The normalized spacial score (nSPS) is 14.9. The molecule has 0 fully saturated rings. The second-order valence-electron chi connectivity index (χ2n) is 5.03. The van der Waals surface area contributed by atoms with Crippen molar-refractivity contribution in [2.24, 2.45) is 0 Å². The van der Waals surface area contributed by atoms with Crippen molar-refractivity contribution in [1.29, 1.82) is 0 Å². The fourth-order valence-electron chi connectivity index (χ4n) is 2.91. The van der Waals surface area contributed by atoms with E-state index in [1.807, 2.05) is 36.4 Å². The Morgan fingerprint density at radius 3 is 2.38 bits per heavy atom. The number of benzene rings is 3. The van der Waals surface area contributed by atoms with Crippen LogP contribution >= 0.6 is 15.9 Å². The first-order valence-corrected chi connectivity index (χ1v) is 8.64. The third-order valence-corrected chi connectivity index (χ3v) is 6.14. The smallest absolute Gasteiger partial charge is 0.207 e. The standard InChI is InChI=1S/C16H8BBrO2S/c17-13-8-15-16(11-4-2-1-3-10(11)13)12-6-5-9(18)7-14(12)21(15,19)20/h1-8H. The minimum Gasteiger partial charge on any atom is -0.218 e. The second-order valence-corrected chi connectivity index (χ2v) is 7.83. The van der Waals surface area contributed by atoms with E-state index in [4.69, 9.17) is 7.85 Å². The van der Waals surface area contributed by atoms with Crippen LogP contribution < -0.4 is 5.46 Å². The van der Waals surface area contributed by atoms with Crippen LogP contribution in [0.25, 0.3) is 21.9 Å². The highest BCUT2D eigenvalue weighted by atomic mass is 79.9.